The van der Waals surface area contributed by atoms with Crippen LogP contribution in [0.15, 0.2) is 30.6 Å². The van der Waals surface area contributed by atoms with Gasteiger partial charge in [-0.1, -0.05) is 6.07 Å². The molecule has 1 fully saturated rings. The highest BCUT2D eigenvalue weighted by Crippen LogP contribution is 2.30. The Bertz CT molecular complexity index is 1150. The van der Waals surface area contributed by atoms with Crippen molar-refractivity contribution in [2.45, 2.75) is 57.7 Å². The average molecular weight is 512 g/mol. The molecule has 2 aromatic rings. The van der Waals surface area contributed by atoms with Crippen LogP contribution in [0.3, 0.4) is 0 Å². The van der Waals surface area contributed by atoms with Crippen molar-refractivity contribution in [1.29, 1.82) is 0 Å². The van der Waals surface area contributed by atoms with Gasteiger partial charge in [-0.2, -0.15) is 13.2 Å². The number of carbonyl (C=O) groups excluding carboxylic acids is 2. The highest BCUT2D eigenvalue weighted by molar-refractivity contribution is 5.95. The maximum absolute atomic E-state index is 14.0. The minimum Gasteiger partial charge on any atom is -0.478 e. The molecule has 2 aromatic heterocycles. The van der Waals surface area contributed by atoms with Gasteiger partial charge >= 0.3 is 18.2 Å². The molecule has 0 aliphatic carbocycles. The number of carboxylic acid groups (broad SMARTS) is 1. The summed E-state index contributed by atoms with van der Waals surface area (Å²) in [6.07, 6.45) is -5.22. The van der Waals surface area contributed by atoms with Crippen LogP contribution < -0.4 is 5.32 Å². The zero-order valence-corrected chi connectivity index (χ0v) is 19.6. The molecule has 36 heavy (non-hydrogen) atoms. The Morgan fingerprint density at radius 1 is 1.17 bits per heavy atom. The Balaban J connectivity index is 1.78. The fraction of sp³-hybridized carbons (Fsp3) is 0.435. The van der Waals surface area contributed by atoms with Crippen molar-refractivity contribution in [1.82, 2.24) is 20.2 Å². The highest BCUT2D eigenvalue weighted by atomic mass is 19.4. The molecule has 1 aliphatic rings. The van der Waals surface area contributed by atoms with E-state index in [4.69, 9.17) is 4.74 Å². The standard InChI is InChI=1S/C23H24F4N4O5/c1-22(2,3)36-21(35)31-11-13(24)6-17(31)19(32)30-9-14-7-15(16(10-28-14)20(33)34)12-4-5-18(29-8-12)23(25,26)27/h4-5,7-8,10,13,17H,6,9,11H2,1-3H3,(H,30,32)(H,33,34)/t13-,17+/m1/s1. The van der Waals surface area contributed by atoms with E-state index in [0.29, 0.717) is 0 Å². The second-order valence-electron chi connectivity index (χ2n) is 9.16. The molecular weight excluding hydrogens is 488 g/mol. The number of likely N-dealkylation sites (tertiary alicyclic amines) is 1. The van der Waals surface area contributed by atoms with Gasteiger partial charge in [0.05, 0.1) is 24.3 Å². The fourth-order valence-corrected chi connectivity index (χ4v) is 3.58. The normalized spacial score (nSPS) is 18.1. The second kappa shape index (κ2) is 10.1. The molecule has 0 radical (unpaired) electrons. The summed E-state index contributed by atoms with van der Waals surface area (Å²) in [5.41, 5.74) is -1.93. The summed E-state index contributed by atoms with van der Waals surface area (Å²) in [6, 6.07) is 1.98. The number of amides is 2. The van der Waals surface area contributed by atoms with Gasteiger partial charge in [-0.3, -0.25) is 19.7 Å². The SMILES string of the molecule is CC(C)(C)OC(=O)N1C[C@H](F)C[C@H]1C(=O)NCc1cc(-c2ccc(C(F)(F)F)nc2)c(C(=O)O)cn1. The predicted octanol–water partition coefficient (Wildman–Crippen LogP) is 3.82. The smallest absolute Gasteiger partial charge is 0.433 e. The highest BCUT2D eigenvalue weighted by Gasteiger charge is 2.41. The van der Waals surface area contributed by atoms with Crippen LogP contribution in [-0.2, 0) is 22.3 Å². The zero-order chi connectivity index (χ0) is 26.8. The summed E-state index contributed by atoms with van der Waals surface area (Å²) in [5, 5.41) is 12.0. The third-order valence-electron chi connectivity index (χ3n) is 5.18. The molecule has 0 bridgehead atoms. The van der Waals surface area contributed by atoms with Crippen LogP contribution >= 0.6 is 0 Å². The number of nitrogens with zero attached hydrogens (tertiary/aromatic N) is 3. The number of carboxylic acids is 1. The van der Waals surface area contributed by atoms with Crippen molar-refractivity contribution in [2.75, 3.05) is 6.54 Å². The quantitative estimate of drug-likeness (QED) is 0.584. The molecule has 0 aromatic carbocycles. The maximum Gasteiger partial charge on any atom is 0.433 e. The van der Waals surface area contributed by atoms with E-state index in [1.54, 1.807) is 20.8 Å². The molecule has 13 heteroatoms. The predicted molar refractivity (Wildman–Crippen MR) is 118 cm³/mol. The molecule has 0 saturated carbocycles. The van der Waals surface area contributed by atoms with Crippen molar-refractivity contribution < 1.29 is 41.8 Å². The van der Waals surface area contributed by atoms with E-state index in [1.807, 2.05) is 0 Å². The number of hydrogen-bond donors (Lipinski definition) is 2. The van der Waals surface area contributed by atoms with Gasteiger partial charge in [0, 0.05) is 29.9 Å². The van der Waals surface area contributed by atoms with E-state index in [9.17, 15) is 37.1 Å². The number of alkyl halides is 4. The lowest BCUT2D eigenvalue weighted by Gasteiger charge is -2.27. The van der Waals surface area contributed by atoms with E-state index in [0.717, 1.165) is 29.4 Å². The Kier molecular flexibility index (Phi) is 7.51. The number of pyridine rings is 2. The molecule has 3 heterocycles. The van der Waals surface area contributed by atoms with E-state index in [1.165, 1.54) is 6.07 Å². The average Bonchev–Trinajstić information content (AvgIpc) is 3.17. The third-order valence-corrected chi connectivity index (χ3v) is 5.18. The Morgan fingerprint density at radius 2 is 1.86 bits per heavy atom. The maximum atomic E-state index is 14.0. The van der Waals surface area contributed by atoms with Crippen molar-refractivity contribution in [3.63, 3.8) is 0 Å². The number of nitrogens with one attached hydrogen (secondary N) is 1. The molecule has 0 unspecified atom stereocenters. The molecule has 1 aliphatic heterocycles. The lowest BCUT2D eigenvalue weighted by molar-refractivity contribution is -0.141. The molecule has 1 saturated heterocycles. The first-order valence-corrected chi connectivity index (χ1v) is 10.8. The van der Waals surface area contributed by atoms with Gasteiger partial charge in [0.15, 0.2) is 0 Å². The molecule has 2 N–H and O–H groups in total. The van der Waals surface area contributed by atoms with Crippen molar-refractivity contribution in [3.8, 4) is 11.1 Å². The number of aromatic carboxylic acids is 1. The summed E-state index contributed by atoms with van der Waals surface area (Å²) in [5.74, 6) is -2.02. The summed E-state index contributed by atoms with van der Waals surface area (Å²) in [4.78, 5) is 45.1. The molecule has 2 amide bonds. The summed E-state index contributed by atoms with van der Waals surface area (Å²) < 4.78 is 57.7. The van der Waals surface area contributed by atoms with Gasteiger partial charge in [0.2, 0.25) is 5.91 Å². The summed E-state index contributed by atoms with van der Waals surface area (Å²) in [7, 11) is 0. The van der Waals surface area contributed by atoms with Crippen molar-refractivity contribution in [3.05, 3.63) is 47.5 Å². The minimum absolute atomic E-state index is 0.0445. The van der Waals surface area contributed by atoms with Crippen LogP contribution in [0.4, 0.5) is 22.4 Å². The Labute approximate surface area is 203 Å². The first-order chi connectivity index (χ1) is 16.7. The molecular formula is C23H24F4N4O5. The van der Waals surface area contributed by atoms with Crippen molar-refractivity contribution >= 4 is 18.0 Å². The number of aromatic nitrogens is 2. The number of rotatable bonds is 5. The topological polar surface area (TPSA) is 122 Å². The Hall–Kier alpha value is -3.77. The van der Waals surface area contributed by atoms with Gasteiger partial charge in [-0.25, -0.2) is 14.0 Å². The van der Waals surface area contributed by atoms with Crippen LogP contribution in [0.25, 0.3) is 11.1 Å². The summed E-state index contributed by atoms with van der Waals surface area (Å²) in [6.45, 7) is 4.40. The number of hydrogen-bond acceptors (Lipinski definition) is 6. The Morgan fingerprint density at radius 3 is 2.42 bits per heavy atom. The van der Waals surface area contributed by atoms with Crippen LogP contribution in [0.2, 0.25) is 0 Å². The van der Waals surface area contributed by atoms with Gasteiger partial charge in [-0.15, -0.1) is 0 Å². The van der Waals surface area contributed by atoms with Crippen LogP contribution in [0, 0.1) is 0 Å². The van der Waals surface area contributed by atoms with Gasteiger partial charge in [0.25, 0.3) is 0 Å². The van der Waals surface area contributed by atoms with Crippen LogP contribution in [0.5, 0.6) is 0 Å². The van der Waals surface area contributed by atoms with Gasteiger partial charge < -0.3 is 15.2 Å². The zero-order valence-electron chi connectivity index (χ0n) is 19.6. The second-order valence-corrected chi connectivity index (χ2v) is 9.16. The largest absolute Gasteiger partial charge is 0.478 e. The van der Waals surface area contributed by atoms with Crippen LogP contribution in [-0.4, -0.2) is 62.3 Å². The monoisotopic (exact) mass is 512 g/mol. The first kappa shape index (κ1) is 26.8. The molecule has 194 valence electrons. The molecule has 3 rings (SSSR count). The number of halogens is 4. The molecule has 2 atom stereocenters. The lowest BCUT2D eigenvalue weighted by atomic mass is 10.0. The lowest BCUT2D eigenvalue weighted by Crippen LogP contribution is -2.47. The van der Waals surface area contributed by atoms with Crippen molar-refractivity contribution in [2.24, 2.45) is 0 Å². The van der Waals surface area contributed by atoms with E-state index < -0.39 is 47.7 Å². The fourth-order valence-electron chi connectivity index (χ4n) is 3.58. The van der Waals surface area contributed by atoms with Gasteiger partial charge in [0.1, 0.15) is 23.5 Å². The van der Waals surface area contributed by atoms with Gasteiger partial charge in [-0.05, 0) is 32.9 Å². The minimum atomic E-state index is -4.66. The number of carbonyl (C=O) groups is 3. The molecule has 9 nitrogen and oxygen atoms in total. The summed E-state index contributed by atoms with van der Waals surface area (Å²) >= 11 is 0. The third kappa shape index (κ3) is 6.46. The molecule has 0 spiro atoms. The number of ether oxygens (including phenoxy) is 1. The van der Waals surface area contributed by atoms with E-state index in [2.05, 4.69) is 15.3 Å². The van der Waals surface area contributed by atoms with Crippen LogP contribution in [0.1, 0.15) is 48.9 Å². The first-order valence-electron chi connectivity index (χ1n) is 10.8. The van der Waals surface area contributed by atoms with E-state index in [-0.39, 0.29) is 41.9 Å². The van der Waals surface area contributed by atoms with E-state index >= 15 is 0 Å².